The van der Waals surface area contributed by atoms with Gasteiger partial charge in [0.1, 0.15) is 5.75 Å². The van der Waals surface area contributed by atoms with E-state index in [1.54, 1.807) is 12.1 Å². The van der Waals surface area contributed by atoms with Gasteiger partial charge in [0, 0.05) is 4.47 Å². The predicted octanol–water partition coefficient (Wildman–Crippen LogP) is 2.44. The van der Waals surface area contributed by atoms with E-state index in [0.29, 0.717) is 17.3 Å². The minimum absolute atomic E-state index is 0.0743. The molecule has 0 aromatic heterocycles. The second-order valence-electron chi connectivity index (χ2n) is 4.26. The largest absolute Gasteiger partial charge is 0.507 e. The Morgan fingerprint density at radius 1 is 1.39 bits per heavy atom. The highest BCUT2D eigenvalue weighted by Gasteiger charge is 2.28. The summed E-state index contributed by atoms with van der Waals surface area (Å²) >= 11 is 3.25. The first-order valence-corrected chi connectivity index (χ1v) is 6.69. The number of rotatable bonds is 5. The summed E-state index contributed by atoms with van der Waals surface area (Å²) in [5.41, 5.74) is -0.435. The fraction of sp³-hybridized carbons (Fsp3) is 0.462. The van der Waals surface area contributed by atoms with Gasteiger partial charge in [0.15, 0.2) is 0 Å². The van der Waals surface area contributed by atoms with Gasteiger partial charge in [0.2, 0.25) is 0 Å². The fourth-order valence-corrected chi connectivity index (χ4v) is 2.05. The number of phenols is 1. The summed E-state index contributed by atoms with van der Waals surface area (Å²) in [5.74, 6) is -0.457. The molecule has 0 aliphatic heterocycles. The van der Waals surface area contributed by atoms with E-state index in [-0.39, 0.29) is 23.8 Å². The Morgan fingerprint density at radius 2 is 2.00 bits per heavy atom. The van der Waals surface area contributed by atoms with Crippen LogP contribution in [-0.4, -0.2) is 28.3 Å². The van der Waals surface area contributed by atoms with Crippen molar-refractivity contribution in [2.24, 2.45) is 0 Å². The van der Waals surface area contributed by atoms with Crippen molar-refractivity contribution in [2.45, 2.75) is 32.2 Å². The Hall–Kier alpha value is -1.07. The monoisotopic (exact) mass is 315 g/mol. The average Bonchev–Trinajstić information content (AvgIpc) is 2.38. The van der Waals surface area contributed by atoms with E-state index in [1.165, 1.54) is 6.07 Å². The van der Waals surface area contributed by atoms with Crippen molar-refractivity contribution in [3.8, 4) is 5.75 Å². The number of hydrogen-bond acceptors (Lipinski definition) is 3. The smallest absolute Gasteiger partial charge is 0.255 e. The molecule has 5 heteroatoms. The van der Waals surface area contributed by atoms with Crippen LogP contribution in [0.15, 0.2) is 22.7 Å². The molecule has 18 heavy (non-hydrogen) atoms. The quantitative estimate of drug-likeness (QED) is 0.781. The second-order valence-corrected chi connectivity index (χ2v) is 5.18. The number of aliphatic hydroxyl groups is 1. The molecule has 0 aliphatic carbocycles. The van der Waals surface area contributed by atoms with Gasteiger partial charge in [0.25, 0.3) is 5.91 Å². The van der Waals surface area contributed by atoms with Crippen molar-refractivity contribution in [1.82, 2.24) is 5.32 Å². The van der Waals surface area contributed by atoms with Crippen molar-refractivity contribution in [1.29, 1.82) is 0 Å². The van der Waals surface area contributed by atoms with E-state index in [9.17, 15) is 15.0 Å². The maximum atomic E-state index is 12.1. The molecule has 0 bridgehead atoms. The van der Waals surface area contributed by atoms with Crippen molar-refractivity contribution in [3.05, 3.63) is 28.2 Å². The van der Waals surface area contributed by atoms with E-state index in [2.05, 4.69) is 21.2 Å². The third kappa shape index (κ3) is 3.23. The molecule has 0 spiro atoms. The van der Waals surface area contributed by atoms with Crippen molar-refractivity contribution in [3.63, 3.8) is 0 Å². The number of aromatic hydroxyl groups is 1. The zero-order valence-electron chi connectivity index (χ0n) is 10.5. The zero-order valence-corrected chi connectivity index (χ0v) is 12.1. The van der Waals surface area contributed by atoms with Gasteiger partial charge in [-0.05, 0) is 31.0 Å². The first-order chi connectivity index (χ1) is 8.48. The van der Waals surface area contributed by atoms with E-state index in [4.69, 9.17) is 0 Å². The lowest BCUT2D eigenvalue weighted by atomic mass is 9.93. The summed E-state index contributed by atoms with van der Waals surface area (Å²) in [6.45, 7) is 3.68. The van der Waals surface area contributed by atoms with Gasteiger partial charge in [-0.15, -0.1) is 0 Å². The van der Waals surface area contributed by atoms with Gasteiger partial charge in [-0.2, -0.15) is 0 Å². The number of phenolic OH excluding ortho intramolecular Hbond substituents is 1. The SMILES string of the molecule is CCC(CC)(CO)NC(=O)c1cc(Br)ccc1O. The Bertz CT molecular complexity index is 422. The standard InChI is InChI=1S/C13H18BrNO3/c1-3-13(4-2,8-16)15-12(18)10-7-9(14)5-6-11(10)17/h5-7,16-17H,3-4,8H2,1-2H3,(H,15,18). The van der Waals surface area contributed by atoms with Gasteiger partial charge in [-0.1, -0.05) is 29.8 Å². The molecule has 0 heterocycles. The second kappa shape index (κ2) is 6.20. The summed E-state index contributed by atoms with van der Waals surface area (Å²) < 4.78 is 0.716. The molecule has 1 aromatic rings. The molecule has 1 amide bonds. The number of amides is 1. The fourth-order valence-electron chi connectivity index (χ4n) is 1.69. The number of carbonyl (C=O) groups excluding carboxylic acids is 1. The lowest BCUT2D eigenvalue weighted by molar-refractivity contribution is 0.0815. The topological polar surface area (TPSA) is 69.6 Å². The van der Waals surface area contributed by atoms with Crippen LogP contribution in [0, 0.1) is 0 Å². The summed E-state index contributed by atoms with van der Waals surface area (Å²) in [5, 5.41) is 21.9. The lowest BCUT2D eigenvalue weighted by Crippen LogP contribution is -2.50. The Kier molecular flexibility index (Phi) is 5.16. The minimum Gasteiger partial charge on any atom is -0.507 e. The van der Waals surface area contributed by atoms with E-state index < -0.39 is 5.54 Å². The van der Waals surface area contributed by atoms with Crippen LogP contribution in [0.5, 0.6) is 5.75 Å². The number of nitrogens with one attached hydrogen (secondary N) is 1. The van der Waals surface area contributed by atoms with Gasteiger partial charge < -0.3 is 15.5 Å². The third-order valence-electron chi connectivity index (χ3n) is 3.24. The van der Waals surface area contributed by atoms with Gasteiger partial charge in [-0.25, -0.2) is 0 Å². The highest BCUT2D eigenvalue weighted by molar-refractivity contribution is 9.10. The van der Waals surface area contributed by atoms with Crippen molar-refractivity contribution in [2.75, 3.05) is 6.61 Å². The van der Waals surface area contributed by atoms with E-state index in [1.807, 2.05) is 13.8 Å². The molecule has 100 valence electrons. The highest BCUT2D eigenvalue weighted by atomic mass is 79.9. The maximum Gasteiger partial charge on any atom is 0.255 e. The normalized spacial score (nSPS) is 11.3. The number of halogens is 1. The van der Waals surface area contributed by atoms with Gasteiger partial charge in [0.05, 0.1) is 17.7 Å². The summed E-state index contributed by atoms with van der Waals surface area (Å²) in [7, 11) is 0. The lowest BCUT2D eigenvalue weighted by Gasteiger charge is -2.30. The summed E-state index contributed by atoms with van der Waals surface area (Å²) in [6.07, 6.45) is 1.25. The van der Waals surface area contributed by atoms with Crippen LogP contribution in [0.2, 0.25) is 0 Å². The Labute approximate surface area is 115 Å². The first kappa shape index (κ1) is 15.0. The maximum absolute atomic E-state index is 12.1. The highest BCUT2D eigenvalue weighted by Crippen LogP contribution is 2.23. The number of benzene rings is 1. The van der Waals surface area contributed by atoms with Crippen molar-refractivity contribution < 1.29 is 15.0 Å². The molecule has 1 aromatic carbocycles. The van der Waals surface area contributed by atoms with Gasteiger partial charge in [-0.3, -0.25) is 4.79 Å². The zero-order chi connectivity index (χ0) is 13.8. The number of aliphatic hydroxyl groups excluding tert-OH is 1. The molecule has 4 nitrogen and oxygen atoms in total. The van der Waals surface area contributed by atoms with Crippen LogP contribution in [-0.2, 0) is 0 Å². The predicted molar refractivity (Wildman–Crippen MR) is 73.7 cm³/mol. The molecule has 0 unspecified atom stereocenters. The molecule has 3 N–H and O–H groups in total. The van der Waals surface area contributed by atoms with E-state index >= 15 is 0 Å². The summed E-state index contributed by atoms with van der Waals surface area (Å²) in [6, 6.07) is 4.67. The molecule has 1 rings (SSSR count). The molecule has 0 aliphatic rings. The van der Waals surface area contributed by atoms with Crippen LogP contribution in [0.3, 0.4) is 0 Å². The molecular formula is C13H18BrNO3. The van der Waals surface area contributed by atoms with Crippen LogP contribution < -0.4 is 5.32 Å². The molecule has 0 saturated carbocycles. The van der Waals surface area contributed by atoms with Crippen LogP contribution in [0.25, 0.3) is 0 Å². The first-order valence-electron chi connectivity index (χ1n) is 5.90. The number of hydrogen-bond donors (Lipinski definition) is 3. The Morgan fingerprint density at radius 3 is 2.50 bits per heavy atom. The molecular weight excluding hydrogens is 298 g/mol. The van der Waals surface area contributed by atoms with Crippen LogP contribution in [0.4, 0.5) is 0 Å². The van der Waals surface area contributed by atoms with Crippen molar-refractivity contribution >= 4 is 21.8 Å². The molecule has 0 saturated heterocycles. The molecule has 0 atom stereocenters. The summed E-state index contributed by atoms with van der Waals surface area (Å²) in [4.78, 5) is 12.1. The third-order valence-corrected chi connectivity index (χ3v) is 3.73. The van der Waals surface area contributed by atoms with Gasteiger partial charge >= 0.3 is 0 Å². The van der Waals surface area contributed by atoms with Crippen LogP contribution in [0.1, 0.15) is 37.0 Å². The van der Waals surface area contributed by atoms with Crippen LogP contribution >= 0.6 is 15.9 Å². The minimum atomic E-state index is -0.633. The molecule has 0 radical (unpaired) electrons. The molecule has 0 fully saturated rings. The average molecular weight is 316 g/mol. The Balaban J connectivity index is 2.97. The number of carbonyl (C=O) groups is 1. The van der Waals surface area contributed by atoms with E-state index in [0.717, 1.165) is 0 Å².